The Hall–Kier alpha value is -2.60. The lowest BCUT2D eigenvalue weighted by Crippen LogP contribution is -2.32. The lowest BCUT2D eigenvalue weighted by atomic mass is 10.1. The van der Waals surface area contributed by atoms with E-state index in [0.29, 0.717) is 40.9 Å². The van der Waals surface area contributed by atoms with Crippen molar-refractivity contribution in [3.05, 3.63) is 51.7 Å². The Morgan fingerprint density at radius 3 is 3.08 bits per heavy atom. The summed E-state index contributed by atoms with van der Waals surface area (Å²) in [6.07, 6.45) is 1.70. The van der Waals surface area contributed by atoms with E-state index in [4.69, 9.17) is 16.0 Å². The molecule has 2 aliphatic rings. The molecule has 0 saturated heterocycles. The average molecular weight is 343 g/mol. The van der Waals surface area contributed by atoms with Crippen LogP contribution in [0.3, 0.4) is 0 Å². The van der Waals surface area contributed by atoms with Crippen LogP contribution in [0.5, 0.6) is 0 Å². The minimum atomic E-state index is -0.218. The van der Waals surface area contributed by atoms with Gasteiger partial charge in [0.1, 0.15) is 17.9 Å². The summed E-state index contributed by atoms with van der Waals surface area (Å²) in [5.74, 6) is 1.50. The molecule has 3 heterocycles. The monoisotopic (exact) mass is 342 g/mol. The van der Waals surface area contributed by atoms with Gasteiger partial charge in [-0.25, -0.2) is 4.99 Å². The molecule has 6 nitrogen and oxygen atoms in total. The van der Waals surface area contributed by atoms with Crippen LogP contribution in [0.15, 0.2) is 38.7 Å². The summed E-state index contributed by atoms with van der Waals surface area (Å²) in [5.41, 5.74) is 2.02. The Labute approximate surface area is 143 Å². The van der Waals surface area contributed by atoms with Gasteiger partial charge in [-0.2, -0.15) is 0 Å². The number of rotatable bonds is 3. The Balaban J connectivity index is 1.63. The van der Waals surface area contributed by atoms with Crippen molar-refractivity contribution in [2.45, 2.75) is 13.5 Å². The normalized spacial score (nSPS) is 15.1. The number of amidine groups is 1. The number of carbonyl (C=O) groups is 1. The van der Waals surface area contributed by atoms with Crippen LogP contribution in [0.4, 0.5) is 5.88 Å². The molecule has 0 saturated carbocycles. The van der Waals surface area contributed by atoms with Gasteiger partial charge in [-0.1, -0.05) is 29.8 Å². The second kappa shape index (κ2) is 5.79. The fourth-order valence-electron chi connectivity index (χ4n) is 2.93. The first-order valence-electron chi connectivity index (χ1n) is 7.66. The van der Waals surface area contributed by atoms with Crippen LogP contribution in [-0.4, -0.2) is 36.1 Å². The summed E-state index contributed by atoms with van der Waals surface area (Å²) in [7, 11) is 0. The summed E-state index contributed by atoms with van der Waals surface area (Å²) < 4.78 is 5.65. The highest BCUT2D eigenvalue weighted by molar-refractivity contribution is 6.31. The average Bonchev–Trinajstić information content (AvgIpc) is 3.16. The topological polar surface area (TPSA) is 70.2 Å². The quantitative estimate of drug-likeness (QED) is 0.932. The number of fused-ring (bicyclic) bond motifs is 3. The van der Waals surface area contributed by atoms with Gasteiger partial charge in [-0.3, -0.25) is 9.79 Å². The fraction of sp³-hybridized carbons (Fsp3) is 0.235. The Kier molecular flexibility index (Phi) is 3.61. The van der Waals surface area contributed by atoms with E-state index < -0.39 is 0 Å². The number of nitrogens with one attached hydrogen (secondary N) is 1. The van der Waals surface area contributed by atoms with E-state index in [0.717, 1.165) is 17.9 Å². The Morgan fingerprint density at radius 2 is 2.25 bits per heavy atom. The van der Waals surface area contributed by atoms with Gasteiger partial charge in [0.25, 0.3) is 5.91 Å². The predicted molar refractivity (Wildman–Crippen MR) is 92.3 cm³/mol. The maximum absolute atomic E-state index is 12.7. The van der Waals surface area contributed by atoms with Crippen LogP contribution in [0.1, 0.15) is 27.2 Å². The minimum absolute atomic E-state index is 0.218. The molecule has 7 heteroatoms. The number of hydrogen-bond donors (Lipinski definition) is 1. The first-order valence-corrected chi connectivity index (χ1v) is 8.03. The summed E-state index contributed by atoms with van der Waals surface area (Å²) >= 11 is 6.14. The zero-order chi connectivity index (χ0) is 16.7. The minimum Gasteiger partial charge on any atom is -0.442 e. The van der Waals surface area contributed by atoms with Crippen molar-refractivity contribution in [3.63, 3.8) is 0 Å². The maximum atomic E-state index is 12.7. The molecule has 2 aromatic rings. The Morgan fingerprint density at radius 1 is 1.42 bits per heavy atom. The fourth-order valence-corrected chi connectivity index (χ4v) is 3.13. The van der Waals surface area contributed by atoms with E-state index in [1.54, 1.807) is 19.3 Å². The van der Waals surface area contributed by atoms with Gasteiger partial charge in [0.05, 0.1) is 17.7 Å². The van der Waals surface area contributed by atoms with Gasteiger partial charge in [-0.05, 0) is 18.6 Å². The second-order valence-corrected chi connectivity index (χ2v) is 6.04. The molecular weight excluding hydrogens is 328 g/mol. The SMILES string of the molecule is Cc1oc2c(c1C(=O)NCc1ccccc1Cl)C1=NCCN1C=N2. The zero-order valence-electron chi connectivity index (χ0n) is 13.0. The number of hydrogen-bond acceptors (Lipinski definition) is 5. The Bertz CT molecular complexity index is 885. The van der Waals surface area contributed by atoms with Crippen LogP contribution in [0.2, 0.25) is 5.02 Å². The first-order chi connectivity index (χ1) is 11.6. The molecule has 1 aromatic carbocycles. The van der Waals surface area contributed by atoms with Gasteiger partial charge in [0, 0.05) is 18.1 Å². The number of carbonyl (C=O) groups excluding carboxylic acids is 1. The van der Waals surface area contributed by atoms with Gasteiger partial charge >= 0.3 is 0 Å². The zero-order valence-corrected chi connectivity index (χ0v) is 13.8. The van der Waals surface area contributed by atoms with Gasteiger partial charge in [-0.15, -0.1) is 0 Å². The van der Waals surface area contributed by atoms with Crippen molar-refractivity contribution >= 4 is 35.6 Å². The van der Waals surface area contributed by atoms with E-state index in [9.17, 15) is 4.79 Å². The predicted octanol–water partition coefficient (Wildman–Crippen LogP) is 2.91. The molecule has 1 amide bonds. The van der Waals surface area contributed by atoms with Crippen molar-refractivity contribution in [2.75, 3.05) is 13.1 Å². The van der Waals surface area contributed by atoms with Crippen molar-refractivity contribution in [2.24, 2.45) is 9.98 Å². The maximum Gasteiger partial charge on any atom is 0.255 e. The van der Waals surface area contributed by atoms with E-state index in [1.807, 2.05) is 23.1 Å². The third kappa shape index (κ3) is 2.39. The molecule has 122 valence electrons. The third-order valence-corrected chi connectivity index (χ3v) is 4.47. The summed E-state index contributed by atoms with van der Waals surface area (Å²) in [5, 5.41) is 3.53. The number of amides is 1. The van der Waals surface area contributed by atoms with Gasteiger partial charge < -0.3 is 14.6 Å². The van der Waals surface area contributed by atoms with Crippen molar-refractivity contribution in [3.8, 4) is 0 Å². The summed E-state index contributed by atoms with van der Waals surface area (Å²) in [4.78, 5) is 23.4. The molecule has 24 heavy (non-hydrogen) atoms. The van der Waals surface area contributed by atoms with Gasteiger partial charge in [0.2, 0.25) is 5.88 Å². The second-order valence-electron chi connectivity index (χ2n) is 5.63. The first kappa shape index (κ1) is 15.0. The number of furan rings is 1. The highest BCUT2D eigenvalue weighted by Gasteiger charge is 2.33. The molecule has 0 aliphatic carbocycles. The summed E-state index contributed by atoms with van der Waals surface area (Å²) in [6, 6.07) is 7.43. The van der Waals surface area contributed by atoms with Crippen LogP contribution in [0, 0.1) is 6.92 Å². The lowest BCUT2D eigenvalue weighted by molar-refractivity contribution is 0.0949. The lowest BCUT2D eigenvalue weighted by Gasteiger charge is -2.18. The molecule has 0 bridgehead atoms. The van der Waals surface area contributed by atoms with E-state index in [-0.39, 0.29) is 5.91 Å². The van der Waals surface area contributed by atoms with Crippen LogP contribution in [-0.2, 0) is 6.54 Å². The van der Waals surface area contributed by atoms with E-state index in [2.05, 4.69) is 15.3 Å². The van der Waals surface area contributed by atoms with Crippen LogP contribution in [0.25, 0.3) is 0 Å². The van der Waals surface area contributed by atoms with E-state index >= 15 is 0 Å². The smallest absolute Gasteiger partial charge is 0.255 e. The standard InChI is InChI=1S/C17H15ClN4O2/c1-10-13(16(23)20-8-11-4-2-3-5-12(11)18)14-15-19-6-7-22(15)9-21-17(14)24-10/h2-5,9H,6-8H2,1H3,(H,20,23). The van der Waals surface area contributed by atoms with Crippen LogP contribution >= 0.6 is 11.6 Å². The molecule has 0 spiro atoms. The summed E-state index contributed by atoms with van der Waals surface area (Å²) in [6.45, 7) is 3.56. The molecule has 0 atom stereocenters. The highest BCUT2D eigenvalue weighted by Crippen LogP contribution is 2.34. The molecule has 2 aliphatic heterocycles. The van der Waals surface area contributed by atoms with Crippen molar-refractivity contribution in [1.82, 2.24) is 10.2 Å². The van der Waals surface area contributed by atoms with Crippen molar-refractivity contribution in [1.29, 1.82) is 0 Å². The molecule has 1 N–H and O–H groups in total. The van der Waals surface area contributed by atoms with E-state index in [1.165, 1.54) is 0 Å². The highest BCUT2D eigenvalue weighted by atomic mass is 35.5. The molecule has 1 aromatic heterocycles. The molecule has 0 radical (unpaired) electrons. The molecule has 0 fully saturated rings. The van der Waals surface area contributed by atoms with Gasteiger partial charge in [0.15, 0.2) is 0 Å². The molecular formula is C17H15ClN4O2. The molecule has 0 unspecified atom stereocenters. The number of halogens is 1. The number of aliphatic imine (C=N–C) groups is 2. The largest absolute Gasteiger partial charge is 0.442 e. The number of benzene rings is 1. The third-order valence-electron chi connectivity index (χ3n) is 4.10. The van der Waals surface area contributed by atoms with Crippen LogP contribution < -0.4 is 5.32 Å². The number of aryl methyl sites for hydroxylation is 1. The number of nitrogens with zero attached hydrogens (tertiary/aromatic N) is 3. The van der Waals surface area contributed by atoms with Crippen molar-refractivity contribution < 1.29 is 9.21 Å². The molecule has 4 rings (SSSR count).